The van der Waals surface area contributed by atoms with Crippen LogP contribution in [0.15, 0.2) is 54.7 Å². The van der Waals surface area contributed by atoms with E-state index in [1.54, 1.807) is 7.11 Å². The average Bonchev–Trinajstić information content (AvgIpc) is 3.16. The molecule has 5 heteroatoms. The summed E-state index contributed by atoms with van der Waals surface area (Å²) >= 11 is 0. The Morgan fingerprint density at radius 3 is 2.54 bits per heavy atom. The van der Waals surface area contributed by atoms with Crippen LogP contribution in [0, 0.1) is 0 Å². The van der Waals surface area contributed by atoms with E-state index < -0.39 is 0 Å². The molecule has 1 saturated heterocycles. The van der Waals surface area contributed by atoms with Crippen LogP contribution in [0.2, 0.25) is 0 Å². The van der Waals surface area contributed by atoms with Crippen LogP contribution >= 0.6 is 0 Å². The Kier molecular flexibility index (Phi) is 5.63. The Balaban J connectivity index is 1.25. The molecule has 0 spiro atoms. The van der Waals surface area contributed by atoms with Crippen molar-refractivity contribution in [2.75, 3.05) is 39.8 Å². The fourth-order valence-corrected chi connectivity index (χ4v) is 3.87. The van der Waals surface area contributed by atoms with E-state index in [4.69, 9.17) is 4.74 Å². The molecule has 2 aromatic carbocycles. The number of piperazine rings is 1. The van der Waals surface area contributed by atoms with E-state index in [0.29, 0.717) is 6.42 Å². The number of hydrogen-bond acceptors (Lipinski definition) is 3. The summed E-state index contributed by atoms with van der Waals surface area (Å²) < 4.78 is 5.17. The Labute approximate surface area is 165 Å². The van der Waals surface area contributed by atoms with Crippen LogP contribution in [0.4, 0.5) is 0 Å². The Morgan fingerprint density at radius 2 is 1.79 bits per heavy atom. The molecule has 5 nitrogen and oxygen atoms in total. The topological polar surface area (TPSA) is 48.6 Å². The number of carbonyl (C=O) groups excluding carboxylic acids is 1. The summed E-state index contributed by atoms with van der Waals surface area (Å²) in [6.45, 7) is 4.53. The number of aromatic nitrogens is 1. The third-order valence-corrected chi connectivity index (χ3v) is 5.61. The largest absolute Gasteiger partial charge is 0.497 e. The highest BCUT2D eigenvalue weighted by Crippen LogP contribution is 2.19. The first-order valence-corrected chi connectivity index (χ1v) is 9.91. The van der Waals surface area contributed by atoms with E-state index in [9.17, 15) is 4.79 Å². The van der Waals surface area contributed by atoms with Gasteiger partial charge in [-0.3, -0.25) is 9.69 Å². The molecule has 0 aliphatic carbocycles. The second-order valence-corrected chi connectivity index (χ2v) is 7.36. The quantitative estimate of drug-likeness (QED) is 0.718. The number of nitrogens with zero attached hydrogens (tertiary/aromatic N) is 2. The van der Waals surface area contributed by atoms with Crippen molar-refractivity contribution in [3.8, 4) is 5.75 Å². The van der Waals surface area contributed by atoms with Gasteiger partial charge in [-0.05, 0) is 35.7 Å². The van der Waals surface area contributed by atoms with Crippen molar-refractivity contribution in [3.05, 3.63) is 65.9 Å². The molecule has 0 bridgehead atoms. The minimum Gasteiger partial charge on any atom is -0.497 e. The third kappa shape index (κ3) is 4.20. The highest BCUT2D eigenvalue weighted by atomic mass is 16.5. The zero-order chi connectivity index (χ0) is 19.3. The SMILES string of the molecule is COc1ccc(CC(=O)N2CCN(CCc3c[nH]c4ccccc34)CC2)cc1. The number of hydrogen-bond donors (Lipinski definition) is 1. The van der Waals surface area contributed by atoms with E-state index in [-0.39, 0.29) is 5.91 Å². The van der Waals surface area contributed by atoms with Gasteiger partial charge in [-0.1, -0.05) is 30.3 Å². The number of methoxy groups -OCH3 is 1. The van der Waals surface area contributed by atoms with Gasteiger partial charge in [-0.25, -0.2) is 0 Å². The van der Waals surface area contributed by atoms with Crippen LogP contribution in [-0.2, 0) is 17.6 Å². The van der Waals surface area contributed by atoms with Gasteiger partial charge in [0, 0.05) is 49.8 Å². The van der Waals surface area contributed by atoms with E-state index in [0.717, 1.165) is 50.5 Å². The monoisotopic (exact) mass is 377 g/mol. The van der Waals surface area contributed by atoms with Crippen LogP contribution in [-0.4, -0.2) is 60.5 Å². The van der Waals surface area contributed by atoms with Crippen LogP contribution in [0.1, 0.15) is 11.1 Å². The zero-order valence-electron chi connectivity index (χ0n) is 16.4. The normalized spacial score (nSPS) is 15.1. The molecule has 3 aromatic rings. The predicted octanol–water partition coefficient (Wildman–Crippen LogP) is 3.11. The van der Waals surface area contributed by atoms with Gasteiger partial charge in [-0.2, -0.15) is 0 Å². The number of fused-ring (bicyclic) bond motifs is 1. The molecule has 2 heterocycles. The van der Waals surface area contributed by atoms with Gasteiger partial charge >= 0.3 is 0 Å². The van der Waals surface area contributed by atoms with Crippen molar-refractivity contribution in [2.45, 2.75) is 12.8 Å². The standard InChI is InChI=1S/C23H27N3O2/c1-28-20-8-6-18(7-9-20)16-23(27)26-14-12-25(13-15-26)11-10-19-17-24-22-5-3-2-4-21(19)22/h2-9,17,24H,10-16H2,1H3. The number of nitrogens with one attached hydrogen (secondary N) is 1. The lowest BCUT2D eigenvalue weighted by molar-refractivity contribution is -0.132. The molecule has 0 saturated carbocycles. The number of carbonyl (C=O) groups is 1. The highest BCUT2D eigenvalue weighted by Gasteiger charge is 2.21. The van der Waals surface area contributed by atoms with Crippen LogP contribution in [0.5, 0.6) is 5.75 Å². The zero-order valence-corrected chi connectivity index (χ0v) is 16.4. The van der Waals surface area contributed by atoms with Gasteiger partial charge in [0.15, 0.2) is 0 Å². The molecule has 0 unspecified atom stereocenters. The van der Waals surface area contributed by atoms with Gasteiger partial charge in [0.1, 0.15) is 5.75 Å². The molecule has 1 amide bonds. The summed E-state index contributed by atoms with van der Waals surface area (Å²) in [5.41, 5.74) is 3.60. The first kappa shape index (κ1) is 18.6. The van der Waals surface area contributed by atoms with Crippen molar-refractivity contribution in [2.24, 2.45) is 0 Å². The number of para-hydroxylation sites is 1. The summed E-state index contributed by atoms with van der Waals surface area (Å²) in [5, 5.41) is 1.32. The number of ether oxygens (including phenoxy) is 1. The number of rotatable bonds is 6. The summed E-state index contributed by atoms with van der Waals surface area (Å²) in [6, 6.07) is 16.2. The third-order valence-electron chi connectivity index (χ3n) is 5.61. The lowest BCUT2D eigenvalue weighted by Crippen LogP contribution is -2.49. The van der Waals surface area contributed by atoms with Crippen LogP contribution in [0.25, 0.3) is 10.9 Å². The number of H-pyrrole nitrogens is 1. The van der Waals surface area contributed by atoms with Crippen molar-refractivity contribution in [1.29, 1.82) is 0 Å². The van der Waals surface area contributed by atoms with E-state index in [1.165, 1.54) is 16.5 Å². The molecule has 1 aromatic heterocycles. The minimum absolute atomic E-state index is 0.210. The fraction of sp³-hybridized carbons (Fsp3) is 0.348. The second kappa shape index (κ2) is 8.48. The Bertz CT molecular complexity index is 924. The van der Waals surface area contributed by atoms with E-state index >= 15 is 0 Å². The van der Waals surface area contributed by atoms with Crippen LogP contribution < -0.4 is 4.74 Å². The first-order valence-electron chi connectivity index (χ1n) is 9.91. The average molecular weight is 377 g/mol. The summed E-state index contributed by atoms with van der Waals surface area (Å²) in [5.74, 6) is 1.03. The van der Waals surface area contributed by atoms with Crippen molar-refractivity contribution in [3.63, 3.8) is 0 Å². The minimum atomic E-state index is 0.210. The van der Waals surface area contributed by atoms with Crippen molar-refractivity contribution < 1.29 is 9.53 Å². The smallest absolute Gasteiger partial charge is 0.227 e. The molecule has 28 heavy (non-hydrogen) atoms. The molecular weight excluding hydrogens is 350 g/mol. The van der Waals surface area contributed by atoms with Gasteiger partial charge in [0.05, 0.1) is 13.5 Å². The molecule has 1 aliphatic heterocycles. The summed E-state index contributed by atoms with van der Waals surface area (Å²) in [4.78, 5) is 20.4. The fourth-order valence-electron chi connectivity index (χ4n) is 3.87. The van der Waals surface area contributed by atoms with Gasteiger partial charge in [-0.15, -0.1) is 0 Å². The van der Waals surface area contributed by atoms with Gasteiger partial charge in [0.2, 0.25) is 5.91 Å². The molecule has 1 aliphatic rings. The first-order chi connectivity index (χ1) is 13.7. The number of benzene rings is 2. The highest BCUT2D eigenvalue weighted by molar-refractivity contribution is 5.83. The summed E-state index contributed by atoms with van der Waals surface area (Å²) in [6.07, 6.45) is 3.61. The summed E-state index contributed by atoms with van der Waals surface area (Å²) in [7, 11) is 1.65. The lowest BCUT2D eigenvalue weighted by atomic mass is 10.1. The molecule has 4 rings (SSSR count). The van der Waals surface area contributed by atoms with Crippen molar-refractivity contribution >= 4 is 16.8 Å². The Hall–Kier alpha value is -2.79. The van der Waals surface area contributed by atoms with E-state index in [1.807, 2.05) is 29.2 Å². The maximum Gasteiger partial charge on any atom is 0.227 e. The number of amides is 1. The molecule has 146 valence electrons. The van der Waals surface area contributed by atoms with Gasteiger partial charge in [0.25, 0.3) is 0 Å². The molecule has 0 radical (unpaired) electrons. The molecular formula is C23H27N3O2. The molecule has 1 N–H and O–H groups in total. The maximum atomic E-state index is 12.6. The lowest BCUT2D eigenvalue weighted by Gasteiger charge is -2.34. The predicted molar refractivity (Wildman–Crippen MR) is 112 cm³/mol. The number of aromatic amines is 1. The maximum absolute atomic E-state index is 12.6. The Morgan fingerprint density at radius 1 is 1.04 bits per heavy atom. The van der Waals surface area contributed by atoms with Crippen LogP contribution in [0.3, 0.4) is 0 Å². The molecule has 1 fully saturated rings. The second-order valence-electron chi connectivity index (χ2n) is 7.36. The van der Waals surface area contributed by atoms with E-state index in [2.05, 4.69) is 40.3 Å². The van der Waals surface area contributed by atoms with Crippen molar-refractivity contribution in [1.82, 2.24) is 14.8 Å². The van der Waals surface area contributed by atoms with Gasteiger partial charge < -0.3 is 14.6 Å². The molecule has 0 atom stereocenters.